The van der Waals surface area contributed by atoms with Crippen molar-refractivity contribution in [1.82, 2.24) is 14.1 Å². The minimum Gasteiger partial charge on any atom is -0.309 e. The molecule has 0 saturated carbocycles. The van der Waals surface area contributed by atoms with Crippen molar-refractivity contribution in [3.8, 4) is 33.8 Å². The summed E-state index contributed by atoms with van der Waals surface area (Å²) in [5.74, 6) is 0. The molecule has 3 heteroatoms. The molecule has 5 aromatic carbocycles. The van der Waals surface area contributed by atoms with Crippen LogP contribution in [0.3, 0.4) is 0 Å². The molecule has 38 heavy (non-hydrogen) atoms. The van der Waals surface area contributed by atoms with E-state index in [0.717, 1.165) is 5.69 Å². The second kappa shape index (κ2) is 7.21. The van der Waals surface area contributed by atoms with Crippen molar-refractivity contribution in [3.05, 3.63) is 128 Å². The van der Waals surface area contributed by atoms with Gasteiger partial charge >= 0.3 is 0 Å². The molecule has 9 rings (SSSR count). The van der Waals surface area contributed by atoms with E-state index in [1.54, 1.807) is 0 Å². The summed E-state index contributed by atoms with van der Waals surface area (Å²) in [6, 6.07) is 43.7. The van der Waals surface area contributed by atoms with E-state index in [1.807, 2.05) is 12.3 Å². The number of rotatable bonds is 1. The predicted octanol–water partition coefficient (Wildman–Crippen LogP) is 8.92. The van der Waals surface area contributed by atoms with Gasteiger partial charge in [-0.25, -0.2) is 0 Å². The maximum atomic E-state index is 5.00. The van der Waals surface area contributed by atoms with Gasteiger partial charge in [-0.05, 0) is 42.5 Å². The molecule has 0 fully saturated rings. The number of pyridine rings is 1. The van der Waals surface area contributed by atoms with Crippen molar-refractivity contribution in [2.75, 3.05) is 0 Å². The van der Waals surface area contributed by atoms with Gasteiger partial charge in [-0.1, -0.05) is 78.9 Å². The van der Waals surface area contributed by atoms with Crippen LogP contribution < -0.4 is 0 Å². The standard InChI is InChI=1S/C35H21N3/c1-2-11-22(12-3-1)37-29-17-7-5-14-24(29)27-21-28-33-25(16-10-20-36-33)23-13-4-8-18-30(23)38-31-19-9-6-15-26(31)32(34(27)37)35(28)38/h1-21H. The van der Waals surface area contributed by atoms with Gasteiger partial charge in [0.05, 0.1) is 33.4 Å². The first-order valence-electron chi connectivity index (χ1n) is 13.0. The van der Waals surface area contributed by atoms with E-state index in [0.29, 0.717) is 0 Å². The highest BCUT2D eigenvalue weighted by molar-refractivity contribution is 6.30. The quantitative estimate of drug-likeness (QED) is 0.228. The van der Waals surface area contributed by atoms with Gasteiger partial charge in [-0.2, -0.15) is 0 Å². The lowest BCUT2D eigenvalue weighted by molar-refractivity contribution is 1.18. The Kier molecular flexibility index (Phi) is 3.79. The zero-order valence-electron chi connectivity index (χ0n) is 20.5. The topological polar surface area (TPSA) is 22.8 Å². The maximum absolute atomic E-state index is 5.00. The molecule has 0 amide bonds. The normalized spacial score (nSPS) is 12.2. The van der Waals surface area contributed by atoms with Gasteiger partial charge in [0, 0.05) is 50.1 Å². The molecule has 3 aromatic heterocycles. The molecule has 0 radical (unpaired) electrons. The highest BCUT2D eigenvalue weighted by Gasteiger charge is 2.28. The Labute approximate surface area is 218 Å². The molecule has 176 valence electrons. The fourth-order valence-electron chi connectivity index (χ4n) is 6.61. The van der Waals surface area contributed by atoms with Gasteiger partial charge in [-0.3, -0.25) is 4.98 Å². The van der Waals surface area contributed by atoms with Crippen LogP contribution in [-0.2, 0) is 0 Å². The molecule has 0 N–H and O–H groups in total. The molecule has 0 unspecified atom stereocenters. The van der Waals surface area contributed by atoms with Crippen molar-refractivity contribution in [2.24, 2.45) is 0 Å². The lowest BCUT2D eigenvalue weighted by Crippen LogP contribution is -1.96. The first kappa shape index (κ1) is 20.0. The average Bonchev–Trinajstić information content (AvgIpc) is 3.46. The monoisotopic (exact) mass is 483 g/mol. The largest absolute Gasteiger partial charge is 0.309 e. The van der Waals surface area contributed by atoms with Gasteiger partial charge in [0.25, 0.3) is 0 Å². The fourth-order valence-corrected chi connectivity index (χ4v) is 6.61. The van der Waals surface area contributed by atoms with Crippen molar-refractivity contribution < 1.29 is 0 Å². The van der Waals surface area contributed by atoms with Crippen LogP contribution in [0, 0.1) is 0 Å². The van der Waals surface area contributed by atoms with Crippen LogP contribution in [0.15, 0.2) is 128 Å². The minimum atomic E-state index is 1.03. The number of nitrogens with zero attached hydrogens (tertiary/aromatic N) is 3. The zero-order valence-corrected chi connectivity index (χ0v) is 20.5. The molecule has 0 spiro atoms. The van der Waals surface area contributed by atoms with Gasteiger partial charge in [-0.15, -0.1) is 0 Å². The van der Waals surface area contributed by atoms with Crippen LogP contribution in [0.5, 0.6) is 0 Å². The van der Waals surface area contributed by atoms with Crippen LogP contribution in [-0.4, -0.2) is 14.1 Å². The Morgan fingerprint density at radius 2 is 1.16 bits per heavy atom. The molecule has 1 aliphatic heterocycles. The molecule has 4 heterocycles. The summed E-state index contributed by atoms with van der Waals surface area (Å²) in [4.78, 5) is 5.00. The van der Waals surface area contributed by atoms with E-state index in [4.69, 9.17) is 4.98 Å². The summed E-state index contributed by atoms with van der Waals surface area (Å²) < 4.78 is 4.90. The molecule has 0 bridgehead atoms. The predicted molar refractivity (Wildman–Crippen MR) is 157 cm³/mol. The van der Waals surface area contributed by atoms with E-state index in [-0.39, 0.29) is 0 Å². The zero-order chi connectivity index (χ0) is 24.8. The summed E-state index contributed by atoms with van der Waals surface area (Å²) in [7, 11) is 0. The van der Waals surface area contributed by atoms with Crippen LogP contribution in [0.25, 0.3) is 77.4 Å². The SMILES string of the molecule is c1ccc(-n2c3ccccc3c3cc4c5c(c6ccccc6n5-c5ccccc5-c5cccnc5-4)c32)cc1. The van der Waals surface area contributed by atoms with Gasteiger partial charge in [0.15, 0.2) is 0 Å². The molecule has 0 atom stereocenters. The number of hydrogen-bond acceptors (Lipinski definition) is 1. The number of fused-ring (bicyclic) bond motifs is 12. The van der Waals surface area contributed by atoms with Crippen LogP contribution in [0.1, 0.15) is 0 Å². The van der Waals surface area contributed by atoms with Crippen LogP contribution in [0.2, 0.25) is 0 Å². The van der Waals surface area contributed by atoms with Crippen molar-refractivity contribution in [2.45, 2.75) is 0 Å². The number of benzene rings is 5. The highest BCUT2D eigenvalue weighted by atomic mass is 15.0. The van der Waals surface area contributed by atoms with E-state index in [1.165, 1.54) is 71.7 Å². The summed E-state index contributed by atoms with van der Waals surface area (Å²) >= 11 is 0. The third-order valence-electron chi connectivity index (χ3n) is 8.08. The van der Waals surface area contributed by atoms with Crippen molar-refractivity contribution >= 4 is 43.6 Å². The summed E-state index contributed by atoms with van der Waals surface area (Å²) in [5.41, 5.74) is 11.8. The molecule has 8 aromatic rings. The van der Waals surface area contributed by atoms with Crippen LogP contribution >= 0.6 is 0 Å². The Hall–Kier alpha value is -5.15. The molecule has 3 nitrogen and oxygen atoms in total. The first-order valence-corrected chi connectivity index (χ1v) is 13.0. The number of para-hydroxylation sites is 4. The average molecular weight is 484 g/mol. The lowest BCUT2D eigenvalue weighted by atomic mass is 9.96. The smallest absolute Gasteiger partial charge is 0.0802 e. The Bertz CT molecular complexity index is 2230. The Balaban J connectivity index is 1.65. The molecule has 0 aliphatic carbocycles. The van der Waals surface area contributed by atoms with Crippen molar-refractivity contribution in [1.29, 1.82) is 0 Å². The Morgan fingerprint density at radius 1 is 0.474 bits per heavy atom. The number of hydrogen-bond donors (Lipinski definition) is 0. The van der Waals surface area contributed by atoms with Gasteiger partial charge in [0.2, 0.25) is 0 Å². The summed E-state index contributed by atoms with van der Waals surface area (Å²) in [6.45, 7) is 0. The minimum absolute atomic E-state index is 1.03. The molecular weight excluding hydrogens is 462 g/mol. The molecule has 0 saturated heterocycles. The van der Waals surface area contributed by atoms with E-state index in [2.05, 4.69) is 124 Å². The third-order valence-corrected chi connectivity index (χ3v) is 8.08. The highest BCUT2D eigenvalue weighted by Crippen LogP contribution is 2.50. The first-order chi connectivity index (χ1) is 18.9. The second-order valence-corrected chi connectivity index (χ2v) is 10.0. The van der Waals surface area contributed by atoms with E-state index < -0.39 is 0 Å². The van der Waals surface area contributed by atoms with Crippen LogP contribution in [0.4, 0.5) is 0 Å². The summed E-state index contributed by atoms with van der Waals surface area (Å²) in [5, 5.41) is 5.02. The third kappa shape index (κ3) is 2.41. The maximum Gasteiger partial charge on any atom is 0.0802 e. The van der Waals surface area contributed by atoms with E-state index >= 15 is 0 Å². The fraction of sp³-hybridized carbons (Fsp3) is 0. The van der Waals surface area contributed by atoms with E-state index in [9.17, 15) is 0 Å². The van der Waals surface area contributed by atoms with Gasteiger partial charge in [0.1, 0.15) is 0 Å². The van der Waals surface area contributed by atoms with Gasteiger partial charge < -0.3 is 9.13 Å². The van der Waals surface area contributed by atoms with Crippen molar-refractivity contribution in [3.63, 3.8) is 0 Å². The Morgan fingerprint density at radius 3 is 2.03 bits per heavy atom. The second-order valence-electron chi connectivity index (χ2n) is 10.0. The molecular formula is C35H21N3. The summed E-state index contributed by atoms with van der Waals surface area (Å²) in [6.07, 6.45) is 1.92. The lowest BCUT2D eigenvalue weighted by Gasteiger charge is -2.11. The number of aromatic nitrogens is 3. The molecule has 1 aliphatic rings.